The summed E-state index contributed by atoms with van der Waals surface area (Å²) < 4.78 is 11.0. The summed E-state index contributed by atoms with van der Waals surface area (Å²) in [6, 6.07) is 12.5. The van der Waals surface area contributed by atoms with Gasteiger partial charge in [0.2, 0.25) is 11.5 Å². The number of anilines is 1. The first-order chi connectivity index (χ1) is 16.0. The van der Waals surface area contributed by atoms with Crippen molar-refractivity contribution in [3.8, 4) is 5.75 Å². The molecular formula is C25H28Cl2N2O4. The molecule has 6 nitrogen and oxygen atoms in total. The van der Waals surface area contributed by atoms with Crippen molar-refractivity contribution in [1.82, 2.24) is 4.90 Å². The Balaban J connectivity index is 1.12. The van der Waals surface area contributed by atoms with E-state index in [1.807, 2.05) is 18.2 Å². The fourth-order valence-corrected chi connectivity index (χ4v) is 4.53. The van der Waals surface area contributed by atoms with Gasteiger partial charge in [-0.3, -0.25) is 9.69 Å². The Morgan fingerprint density at radius 2 is 1.79 bits per heavy atom. The number of hydrogen-bond acceptors (Lipinski definition) is 6. The number of unbranched alkanes of at least 4 members (excludes halogenated alkanes) is 2. The van der Waals surface area contributed by atoms with Crippen LogP contribution in [0.2, 0.25) is 10.0 Å². The van der Waals surface area contributed by atoms with Crippen LogP contribution < -0.4 is 4.90 Å². The van der Waals surface area contributed by atoms with Crippen LogP contribution in [-0.2, 0) is 14.3 Å². The SMILES string of the molecule is O=C(CCCCCN1CCN(c2cccc(Cl)c2Cl)CC1)C1=COC(c2ccccc2O)O1. The number of phenolic OH excluding ortho intramolecular Hbond substituents is 1. The zero-order valence-electron chi connectivity index (χ0n) is 18.4. The number of carbonyl (C=O) groups excluding carboxylic acids is 1. The lowest BCUT2D eigenvalue weighted by molar-refractivity contribution is -0.121. The Labute approximate surface area is 204 Å². The second-order valence-corrected chi connectivity index (χ2v) is 9.05. The van der Waals surface area contributed by atoms with Crippen molar-refractivity contribution in [3.63, 3.8) is 0 Å². The number of ether oxygens (including phenoxy) is 2. The molecule has 0 bridgehead atoms. The van der Waals surface area contributed by atoms with Gasteiger partial charge in [0.1, 0.15) is 12.0 Å². The van der Waals surface area contributed by atoms with Crippen molar-refractivity contribution in [1.29, 1.82) is 0 Å². The van der Waals surface area contributed by atoms with Gasteiger partial charge < -0.3 is 19.5 Å². The van der Waals surface area contributed by atoms with Crippen molar-refractivity contribution < 1.29 is 19.4 Å². The number of allylic oxidation sites excluding steroid dienone is 1. The molecule has 0 amide bonds. The van der Waals surface area contributed by atoms with Crippen LogP contribution in [0.3, 0.4) is 0 Å². The van der Waals surface area contributed by atoms with Gasteiger partial charge in [0.25, 0.3) is 6.29 Å². The predicted octanol–water partition coefficient (Wildman–Crippen LogP) is 5.54. The average molecular weight is 491 g/mol. The Bertz CT molecular complexity index is 1010. The Kier molecular flexibility index (Phi) is 8.02. The van der Waals surface area contributed by atoms with Crippen LogP contribution in [0.25, 0.3) is 0 Å². The van der Waals surface area contributed by atoms with Crippen molar-refractivity contribution in [3.05, 3.63) is 70.1 Å². The third-order valence-corrected chi connectivity index (χ3v) is 6.83. The first-order valence-corrected chi connectivity index (χ1v) is 12.0. The quantitative estimate of drug-likeness (QED) is 0.465. The average Bonchev–Trinajstić information content (AvgIpc) is 3.31. The lowest BCUT2D eigenvalue weighted by Gasteiger charge is -2.36. The van der Waals surface area contributed by atoms with E-state index >= 15 is 0 Å². The summed E-state index contributed by atoms with van der Waals surface area (Å²) in [5.74, 6) is 0.236. The Hall–Kier alpha value is -2.41. The second kappa shape index (κ2) is 11.1. The molecule has 2 aliphatic rings. The van der Waals surface area contributed by atoms with Gasteiger partial charge in [-0.05, 0) is 43.7 Å². The number of phenols is 1. The number of ketones is 1. The van der Waals surface area contributed by atoms with Gasteiger partial charge in [-0.25, -0.2) is 0 Å². The summed E-state index contributed by atoms with van der Waals surface area (Å²) in [5.41, 5.74) is 1.51. The van der Waals surface area contributed by atoms with Crippen molar-refractivity contribution >= 4 is 34.7 Å². The fraction of sp³-hybridized carbons (Fsp3) is 0.400. The van der Waals surface area contributed by atoms with E-state index in [0.717, 1.165) is 57.7 Å². The molecule has 1 saturated heterocycles. The first-order valence-electron chi connectivity index (χ1n) is 11.3. The van der Waals surface area contributed by atoms with Crippen molar-refractivity contribution in [2.45, 2.75) is 32.0 Å². The number of Topliss-reactive ketones (excluding diaryl/α,β-unsaturated/α-hetero) is 1. The van der Waals surface area contributed by atoms with Crippen LogP contribution in [-0.4, -0.2) is 48.5 Å². The Morgan fingerprint density at radius 1 is 1.00 bits per heavy atom. The molecule has 2 heterocycles. The third kappa shape index (κ3) is 5.94. The predicted molar refractivity (Wildman–Crippen MR) is 130 cm³/mol. The van der Waals surface area contributed by atoms with E-state index in [4.69, 9.17) is 32.7 Å². The molecule has 1 N–H and O–H groups in total. The third-order valence-electron chi connectivity index (χ3n) is 6.02. The topological polar surface area (TPSA) is 62.2 Å². The second-order valence-electron chi connectivity index (χ2n) is 8.26. The number of aromatic hydroxyl groups is 1. The molecule has 33 heavy (non-hydrogen) atoms. The van der Waals surface area contributed by atoms with E-state index in [-0.39, 0.29) is 17.3 Å². The number of benzene rings is 2. The van der Waals surface area contributed by atoms with Crippen LogP contribution in [0, 0.1) is 0 Å². The van der Waals surface area contributed by atoms with Gasteiger partial charge in [0.05, 0.1) is 21.3 Å². The first kappa shape index (κ1) is 23.7. The minimum Gasteiger partial charge on any atom is -0.507 e. The largest absolute Gasteiger partial charge is 0.507 e. The molecule has 1 fully saturated rings. The zero-order valence-corrected chi connectivity index (χ0v) is 19.9. The molecule has 1 unspecified atom stereocenters. The Morgan fingerprint density at radius 3 is 2.58 bits per heavy atom. The molecular weight excluding hydrogens is 463 g/mol. The highest BCUT2D eigenvalue weighted by molar-refractivity contribution is 6.43. The fourth-order valence-electron chi connectivity index (χ4n) is 4.12. The van der Waals surface area contributed by atoms with Gasteiger partial charge in [-0.15, -0.1) is 0 Å². The van der Waals surface area contributed by atoms with E-state index in [9.17, 15) is 9.90 Å². The van der Waals surface area contributed by atoms with Crippen LogP contribution >= 0.6 is 23.2 Å². The summed E-state index contributed by atoms with van der Waals surface area (Å²) >= 11 is 12.5. The van der Waals surface area contributed by atoms with Crippen LogP contribution in [0.5, 0.6) is 5.75 Å². The molecule has 176 valence electrons. The van der Waals surface area contributed by atoms with Crippen molar-refractivity contribution in [2.75, 3.05) is 37.6 Å². The number of rotatable bonds is 9. The van der Waals surface area contributed by atoms with Gasteiger partial charge in [-0.1, -0.05) is 47.8 Å². The highest BCUT2D eigenvalue weighted by Gasteiger charge is 2.27. The summed E-state index contributed by atoms with van der Waals surface area (Å²) in [6.07, 6.45) is 3.82. The highest BCUT2D eigenvalue weighted by atomic mass is 35.5. The van der Waals surface area contributed by atoms with Crippen LogP contribution in [0.4, 0.5) is 5.69 Å². The molecule has 2 aliphatic heterocycles. The summed E-state index contributed by atoms with van der Waals surface area (Å²) in [5, 5.41) is 11.1. The van der Waals surface area contributed by atoms with Gasteiger partial charge in [0, 0.05) is 32.6 Å². The minimum absolute atomic E-state index is 0.0695. The lowest BCUT2D eigenvalue weighted by atomic mass is 10.1. The number of nitrogens with zero attached hydrogens (tertiary/aromatic N) is 2. The molecule has 0 aliphatic carbocycles. The molecule has 0 aromatic heterocycles. The molecule has 1 atom stereocenters. The number of piperazine rings is 1. The van der Waals surface area contributed by atoms with E-state index in [1.54, 1.807) is 24.3 Å². The number of para-hydroxylation sites is 1. The van der Waals surface area contributed by atoms with Crippen LogP contribution in [0.1, 0.15) is 37.5 Å². The number of hydrogen-bond donors (Lipinski definition) is 1. The molecule has 0 radical (unpaired) electrons. The molecule has 0 saturated carbocycles. The van der Waals surface area contributed by atoms with Crippen LogP contribution in [0.15, 0.2) is 54.5 Å². The maximum atomic E-state index is 12.4. The summed E-state index contributed by atoms with van der Waals surface area (Å²) in [4.78, 5) is 17.2. The monoisotopic (exact) mass is 490 g/mol. The lowest BCUT2D eigenvalue weighted by Crippen LogP contribution is -2.46. The van der Waals surface area contributed by atoms with Gasteiger partial charge >= 0.3 is 0 Å². The van der Waals surface area contributed by atoms with Gasteiger partial charge in [-0.2, -0.15) is 0 Å². The van der Waals surface area contributed by atoms with Gasteiger partial charge in [0.15, 0.2) is 0 Å². The molecule has 2 aromatic rings. The normalized spacial score (nSPS) is 18.5. The zero-order chi connectivity index (χ0) is 23.2. The summed E-state index contributed by atoms with van der Waals surface area (Å²) in [7, 11) is 0. The minimum atomic E-state index is -0.773. The van der Waals surface area contributed by atoms with Crippen molar-refractivity contribution in [2.24, 2.45) is 0 Å². The standard InChI is InChI=1S/C25H28Cl2N2O4/c26-19-8-6-9-20(24(19)27)29-15-13-28(14-16-29)12-5-1-2-11-22(31)23-17-32-25(33-23)18-7-3-4-10-21(18)30/h3-4,6-10,17,25,30H,1-2,5,11-16H2. The van der Waals surface area contributed by atoms with E-state index in [0.29, 0.717) is 22.0 Å². The molecule has 0 spiro atoms. The summed E-state index contributed by atoms with van der Waals surface area (Å²) in [6.45, 7) is 4.81. The molecule has 8 heteroatoms. The molecule has 2 aromatic carbocycles. The highest BCUT2D eigenvalue weighted by Crippen LogP contribution is 2.34. The number of halogens is 2. The number of carbonyl (C=O) groups is 1. The van der Waals surface area contributed by atoms with E-state index in [1.165, 1.54) is 6.26 Å². The maximum absolute atomic E-state index is 12.4. The maximum Gasteiger partial charge on any atom is 0.270 e. The smallest absolute Gasteiger partial charge is 0.270 e. The van der Waals surface area contributed by atoms with E-state index < -0.39 is 6.29 Å². The molecule has 4 rings (SSSR count). The van der Waals surface area contributed by atoms with E-state index in [2.05, 4.69) is 9.80 Å².